The average molecular weight is 551 g/mol. The molecule has 2 aromatic heterocycles. The third-order valence-electron chi connectivity index (χ3n) is 5.48. The van der Waals surface area contributed by atoms with Crippen LogP contribution in [0, 0.1) is 6.92 Å². The van der Waals surface area contributed by atoms with Crippen LogP contribution in [-0.2, 0) is 20.8 Å². The van der Waals surface area contributed by atoms with E-state index in [2.05, 4.69) is 33.6 Å². The number of hydrogen-bond acceptors (Lipinski definition) is 8. The minimum atomic E-state index is -0.589. The Labute approximate surface area is 237 Å². The standard InChI is InChI=1S/C30H42N6O4/c1-8-10-11-12-23(21-15-16-33-22(17-21)18-34-29(38)40-30(4,5)6)26-20(3)13-14-25(35-26)36-27(31)24(19-32-7)28(37)39-9-2/h12-17,19,32H,8-11,18H2,1-7H3,(H,34,38)(H2,31,35,36)/b23-12-,24-19+. The largest absolute Gasteiger partial charge is 0.462 e. The Morgan fingerprint density at radius 2 is 1.93 bits per heavy atom. The molecular weight excluding hydrogens is 508 g/mol. The highest BCUT2D eigenvalue weighted by Gasteiger charge is 2.18. The number of unbranched alkanes of at least 4 members (excludes halogenated alkanes) is 2. The maximum Gasteiger partial charge on any atom is 0.407 e. The summed E-state index contributed by atoms with van der Waals surface area (Å²) in [7, 11) is 1.66. The van der Waals surface area contributed by atoms with Gasteiger partial charge in [0.1, 0.15) is 17.0 Å². The molecule has 0 bridgehead atoms. The van der Waals surface area contributed by atoms with E-state index in [1.807, 2.05) is 45.9 Å². The number of ether oxygens (including phenoxy) is 2. The van der Waals surface area contributed by atoms with Crippen molar-refractivity contribution in [3.05, 3.63) is 70.8 Å². The first-order chi connectivity index (χ1) is 19.0. The molecule has 0 aliphatic carbocycles. The van der Waals surface area contributed by atoms with Crippen molar-refractivity contribution in [1.29, 1.82) is 0 Å². The van der Waals surface area contributed by atoms with E-state index in [-0.39, 0.29) is 24.6 Å². The number of amides is 1. The smallest absolute Gasteiger partial charge is 0.407 e. The van der Waals surface area contributed by atoms with Gasteiger partial charge in [0.25, 0.3) is 0 Å². The van der Waals surface area contributed by atoms with Gasteiger partial charge < -0.3 is 25.8 Å². The normalized spacial score (nSPS) is 12.6. The number of hydrogen-bond donors (Lipinski definition) is 3. The van der Waals surface area contributed by atoms with Crippen LogP contribution in [0.25, 0.3) is 5.57 Å². The van der Waals surface area contributed by atoms with Gasteiger partial charge in [-0.1, -0.05) is 31.9 Å². The number of aliphatic imine (C=N–C) groups is 1. The van der Waals surface area contributed by atoms with Gasteiger partial charge in [0.2, 0.25) is 0 Å². The maximum atomic E-state index is 12.4. The zero-order valence-corrected chi connectivity index (χ0v) is 24.6. The molecule has 0 unspecified atom stereocenters. The molecule has 0 saturated heterocycles. The summed E-state index contributed by atoms with van der Waals surface area (Å²) in [5.41, 5.74) is 9.89. The fraction of sp³-hybridized carbons (Fsp3) is 0.433. The number of aryl methyl sites for hydroxylation is 1. The molecule has 2 heterocycles. The number of esters is 1. The lowest BCUT2D eigenvalue weighted by atomic mass is 9.97. The van der Waals surface area contributed by atoms with E-state index < -0.39 is 17.7 Å². The maximum absolute atomic E-state index is 12.4. The number of amidine groups is 1. The van der Waals surface area contributed by atoms with Crippen molar-refractivity contribution < 1.29 is 19.1 Å². The molecule has 0 fully saturated rings. The average Bonchev–Trinajstić information content (AvgIpc) is 2.89. The summed E-state index contributed by atoms with van der Waals surface area (Å²) in [6, 6.07) is 7.50. The van der Waals surface area contributed by atoms with Crippen LogP contribution in [0.2, 0.25) is 0 Å². The molecule has 2 rings (SSSR count). The SMILES string of the molecule is CCCC/C=C(/c1ccnc(CNC(=O)OC(C)(C)C)c1)c1nc(N=C(N)/C(=C\NC)C(=O)OCC)ccc1C. The Kier molecular flexibility index (Phi) is 12.3. The van der Waals surface area contributed by atoms with Crippen molar-refractivity contribution in [3.63, 3.8) is 0 Å². The molecular formula is C30H42N6O4. The van der Waals surface area contributed by atoms with Crippen molar-refractivity contribution in [2.75, 3.05) is 13.7 Å². The molecule has 1 amide bonds. The third kappa shape index (κ3) is 10.2. The Balaban J connectivity index is 2.46. The number of allylic oxidation sites excluding steroid dienone is 1. The Hall–Kier alpha value is -4.21. The molecule has 0 aliphatic heterocycles. The Morgan fingerprint density at radius 3 is 2.58 bits per heavy atom. The van der Waals surface area contributed by atoms with E-state index in [4.69, 9.17) is 20.2 Å². The van der Waals surface area contributed by atoms with Crippen LogP contribution in [0.5, 0.6) is 0 Å². The van der Waals surface area contributed by atoms with E-state index in [9.17, 15) is 9.59 Å². The van der Waals surface area contributed by atoms with Crippen molar-refractivity contribution in [1.82, 2.24) is 20.6 Å². The molecule has 0 atom stereocenters. The zero-order valence-electron chi connectivity index (χ0n) is 24.6. The van der Waals surface area contributed by atoms with Gasteiger partial charge in [-0.05, 0) is 70.4 Å². The molecule has 0 radical (unpaired) electrons. The molecule has 10 nitrogen and oxygen atoms in total. The van der Waals surface area contributed by atoms with E-state index in [0.29, 0.717) is 11.5 Å². The van der Waals surface area contributed by atoms with Crippen LogP contribution in [0.3, 0.4) is 0 Å². The lowest BCUT2D eigenvalue weighted by Gasteiger charge is -2.19. The molecule has 4 N–H and O–H groups in total. The summed E-state index contributed by atoms with van der Waals surface area (Å²) >= 11 is 0. The fourth-order valence-electron chi connectivity index (χ4n) is 3.65. The number of pyridine rings is 2. The van der Waals surface area contributed by atoms with E-state index in [0.717, 1.165) is 41.7 Å². The topological polar surface area (TPSA) is 141 Å². The third-order valence-corrected chi connectivity index (χ3v) is 5.48. The summed E-state index contributed by atoms with van der Waals surface area (Å²) < 4.78 is 10.4. The van der Waals surface area contributed by atoms with Crippen LogP contribution in [0.4, 0.5) is 10.6 Å². The summed E-state index contributed by atoms with van der Waals surface area (Å²) in [6.07, 6.45) is 7.73. The second kappa shape index (κ2) is 15.4. The monoisotopic (exact) mass is 550 g/mol. The van der Waals surface area contributed by atoms with Gasteiger partial charge in [0.15, 0.2) is 5.82 Å². The number of alkyl carbamates (subject to hydrolysis) is 1. The molecule has 0 saturated carbocycles. The van der Waals surface area contributed by atoms with Crippen LogP contribution in [0.1, 0.15) is 76.4 Å². The highest BCUT2D eigenvalue weighted by atomic mass is 16.6. The van der Waals surface area contributed by atoms with Crippen molar-refractivity contribution in [2.24, 2.45) is 10.7 Å². The molecule has 0 aliphatic rings. The molecule has 2 aromatic rings. The second-order valence-corrected chi connectivity index (χ2v) is 10.1. The molecule has 40 heavy (non-hydrogen) atoms. The van der Waals surface area contributed by atoms with Crippen molar-refractivity contribution in [3.8, 4) is 0 Å². The van der Waals surface area contributed by atoms with Gasteiger partial charge in [0.05, 0.1) is 24.5 Å². The minimum Gasteiger partial charge on any atom is -0.462 e. The Bertz CT molecular complexity index is 1260. The number of aromatic nitrogens is 2. The van der Waals surface area contributed by atoms with E-state index >= 15 is 0 Å². The highest BCUT2D eigenvalue weighted by molar-refractivity contribution is 6.18. The highest BCUT2D eigenvalue weighted by Crippen LogP contribution is 2.28. The lowest BCUT2D eigenvalue weighted by Crippen LogP contribution is -2.32. The summed E-state index contributed by atoms with van der Waals surface area (Å²) in [6.45, 7) is 11.7. The van der Waals surface area contributed by atoms with Gasteiger partial charge in [-0.15, -0.1) is 0 Å². The zero-order chi connectivity index (χ0) is 29.7. The van der Waals surface area contributed by atoms with Gasteiger partial charge in [-0.3, -0.25) is 4.98 Å². The number of rotatable bonds is 12. The van der Waals surface area contributed by atoms with Crippen LogP contribution in [-0.4, -0.2) is 47.1 Å². The number of nitrogens with two attached hydrogens (primary N) is 1. The van der Waals surface area contributed by atoms with Gasteiger partial charge in [0, 0.05) is 25.0 Å². The van der Waals surface area contributed by atoms with Crippen LogP contribution >= 0.6 is 0 Å². The van der Waals surface area contributed by atoms with Crippen molar-refractivity contribution >= 4 is 29.3 Å². The number of nitrogens with zero attached hydrogens (tertiary/aromatic N) is 3. The first kappa shape index (κ1) is 32.0. The molecule has 0 aromatic carbocycles. The second-order valence-electron chi connectivity index (χ2n) is 10.1. The quantitative estimate of drug-likeness (QED) is 0.109. The Morgan fingerprint density at radius 1 is 1.18 bits per heavy atom. The predicted octanol–water partition coefficient (Wildman–Crippen LogP) is 5.09. The van der Waals surface area contributed by atoms with Crippen LogP contribution < -0.4 is 16.4 Å². The first-order valence-electron chi connectivity index (χ1n) is 13.5. The van der Waals surface area contributed by atoms with Gasteiger partial charge in [-0.25, -0.2) is 19.6 Å². The van der Waals surface area contributed by atoms with Gasteiger partial charge >= 0.3 is 12.1 Å². The molecule has 0 spiro atoms. The molecule has 216 valence electrons. The lowest BCUT2D eigenvalue weighted by molar-refractivity contribution is -0.137. The number of carbonyl (C=O) groups is 2. The summed E-state index contributed by atoms with van der Waals surface area (Å²) in [5, 5.41) is 5.56. The van der Waals surface area contributed by atoms with Crippen LogP contribution in [0.15, 0.2) is 53.3 Å². The number of carbonyl (C=O) groups excluding carboxylic acids is 2. The van der Waals surface area contributed by atoms with Crippen molar-refractivity contribution in [2.45, 2.75) is 73.0 Å². The van der Waals surface area contributed by atoms with Gasteiger partial charge in [-0.2, -0.15) is 0 Å². The predicted molar refractivity (Wildman–Crippen MR) is 158 cm³/mol. The molecule has 10 heteroatoms. The van der Waals surface area contributed by atoms with E-state index in [1.54, 1.807) is 26.2 Å². The minimum absolute atomic E-state index is 0.00831. The first-order valence-corrected chi connectivity index (χ1v) is 13.5. The summed E-state index contributed by atoms with van der Waals surface area (Å²) in [5.74, 6) is -0.229. The summed E-state index contributed by atoms with van der Waals surface area (Å²) in [4.78, 5) is 38.2. The van der Waals surface area contributed by atoms with E-state index in [1.165, 1.54) is 6.20 Å². The fourth-order valence-corrected chi connectivity index (χ4v) is 3.65. The number of nitrogens with one attached hydrogen (secondary N) is 2.